The SMILES string of the molecule is O=C(O)CCS(=O)(=O)NC1Cc2ccccc2C1. The highest BCUT2D eigenvalue weighted by Gasteiger charge is 2.25. The first-order chi connectivity index (χ1) is 8.46. The number of hydrogen-bond donors (Lipinski definition) is 2. The van der Waals surface area contributed by atoms with Gasteiger partial charge in [-0.15, -0.1) is 0 Å². The molecule has 5 nitrogen and oxygen atoms in total. The Bertz CT molecular complexity index is 528. The summed E-state index contributed by atoms with van der Waals surface area (Å²) in [6, 6.07) is 7.68. The van der Waals surface area contributed by atoms with Crippen molar-refractivity contribution in [3.05, 3.63) is 35.4 Å². The topological polar surface area (TPSA) is 83.5 Å². The normalized spacial score (nSPS) is 15.6. The summed E-state index contributed by atoms with van der Waals surface area (Å²) in [5, 5.41) is 8.49. The molecule has 18 heavy (non-hydrogen) atoms. The molecule has 0 bridgehead atoms. The molecule has 0 aromatic heterocycles. The molecule has 1 aromatic carbocycles. The predicted octanol–water partition coefficient (Wildman–Crippen LogP) is 0.548. The number of rotatable bonds is 5. The van der Waals surface area contributed by atoms with Crippen molar-refractivity contribution in [2.75, 3.05) is 5.75 Å². The van der Waals surface area contributed by atoms with E-state index in [1.807, 2.05) is 24.3 Å². The van der Waals surface area contributed by atoms with Gasteiger partial charge in [0, 0.05) is 6.04 Å². The lowest BCUT2D eigenvalue weighted by Gasteiger charge is -2.11. The minimum Gasteiger partial charge on any atom is -0.481 e. The number of carboxylic acid groups (broad SMARTS) is 1. The standard InChI is InChI=1S/C12H15NO4S/c14-12(15)5-6-18(16,17)13-11-7-9-3-1-2-4-10(9)8-11/h1-4,11,13H,5-8H2,(H,14,15). The number of carbonyl (C=O) groups is 1. The van der Waals surface area contributed by atoms with Crippen molar-refractivity contribution in [2.24, 2.45) is 0 Å². The first-order valence-electron chi connectivity index (χ1n) is 5.75. The van der Waals surface area contributed by atoms with E-state index in [2.05, 4.69) is 4.72 Å². The fourth-order valence-corrected chi connectivity index (χ4v) is 3.41. The largest absolute Gasteiger partial charge is 0.481 e. The quantitative estimate of drug-likeness (QED) is 0.817. The van der Waals surface area contributed by atoms with Gasteiger partial charge in [-0.3, -0.25) is 4.79 Å². The number of hydrogen-bond acceptors (Lipinski definition) is 3. The number of nitrogens with one attached hydrogen (secondary N) is 1. The highest BCUT2D eigenvalue weighted by atomic mass is 32.2. The molecule has 0 heterocycles. The summed E-state index contributed by atoms with van der Waals surface area (Å²) in [7, 11) is -3.51. The molecule has 0 saturated heterocycles. The van der Waals surface area contributed by atoms with Gasteiger partial charge in [0.2, 0.25) is 10.0 Å². The van der Waals surface area contributed by atoms with Gasteiger partial charge < -0.3 is 5.11 Å². The van der Waals surface area contributed by atoms with Crippen molar-refractivity contribution >= 4 is 16.0 Å². The third-order valence-electron chi connectivity index (χ3n) is 2.98. The smallest absolute Gasteiger partial charge is 0.304 e. The molecule has 0 radical (unpaired) electrons. The minimum absolute atomic E-state index is 0.152. The summed E-state index contributed by atoms with van der Waals surface area (Å²) in [6.07, 6.45) is 0.972. The van der Waals surface area contributed by atoms with Gasteiger partial charge >= 0.3 is 5.97 Å². The van der Waals surface area contributed by atoms with E-state index in [1.165, 1.54) is 0 Å². The Hall–Kier alpha value is -1.40. The minimum atomic E-state index is -3.51. The summed E-state index contributed by atoms with van der Waals surface area (Å²) >= 11 is 0. The van der Waals surface area contributed by atoms with Gasteiger partial charge in [-0.05, 0) is 24.0 Å². The van der Waals surface area contributed by atoms with Crippen LogP contribution in [0.25, 0.3) is 0 Å². The zero-order chi connectivity index (χ0) is 13.2. The third-order valence-corrected chi connectivity index (χ3v) is 4.42. The third kappa shape index (κ3) is 3.30. The van der Waals surface area contributed by atoms with Crippen LogP contribution in [0.5, 0.6) is 0 Å². The van der Waals surface area contributed by atoms with Gasteiger partial charge in [-0.1, -0.05) is 24.3 Å². The van der Waals surface area contributed by atoms with Crippen molar-refractivity contribution in [1.29, 1.82) is 0 Å². The van der Waals surface area contributed by atoms with Gasteiger partial charge in [0.15, 0.2) is 0 Å². The molecule has 2 N–H and O–H groups in total. The van der Waals surface area contributed by atoms with Crippen LogP contribution in [0.15, 0.2) is 24.3 Å². The van der Waals surface area contributed by atoms with E-state index >= 15 is 0 Å². The lowest BCUT2D eigenvalue weighted by molar-refractivity contribution is -0.136. The Morgan fingerprint density at radius 3 is 2.33 bits per heavy atom. The monoisotopic (exact) mass is 269 g/mol. The molecule has 98 valence electrons. The zero-order valence-electron chi connectivity index (χ0n) is 9.80. The van der Waals surface area contributed by atoms with E-state index in [4.69, 9.17) is 5.11 Å². The Kier molecular flexibility index (Phi) is 3.68. The van der Waals surface area contributed by atoms with Crippen LogP contribution in [0, 0.1) is 0 Å². The van der Waals surface area contributed by atoms with Crippen LogP contribution in [0.2, 0.25) is 0 Å². The van der Waals surface area contributed by atoms with Crippen molar-refractivity contribution in [3.63, 3.8) is 0 Å². The van der Waals surface area contributed by atoms with Crippen LogP contribution in [-0.2, 0) is 27.7 Å². The molecular formula is C12H15NO4S. The average molecular weight is 269 g/mol. The maximum Gasteiger partial charge on any atom is 0.304 e. The van der Waals surface area contributed by atoms with Gasteiger partial charge in [0.25, 0.3) is 0 Å². The molecule has 0 aliphatic heterocycles. The summed E-state index contributed by atoms with van der Waals surface area (Å²) in [5.41, 5.74) is 2.31. The molecule has 6 heteroatoms. The van der Waals surface area contributed by atoms with E-state index < -0.39 is 16.0 Å². The molecule has 1 aromatic rings. The fraction of sp³-hybridized carbons (Fsp3) is 0.417. The molecule has 1 aliphatic rings. The number of benzene rings is 1. The Morgan fingerprint density at radius 2 is 1.83 bits per heavy atom. The first kappa shape index (κ1) is 13.0. The van der Waals surface area contributed by atoms with Crippen LogP contribution in [0.1, 0.15) is 17.5 Å². The van der Waals surface area contributed by atoms with Crippen LogP contribution < -0.4 is 4.72 Å². The van der Waals surface area contributed by atoms with E-state index in [9.17, 15) is 13.2 Å². The van der Waals surface area contributed by atoms with Crippen molar-refractivity contribution in [2.45, 2.75) is 25.3 Å². The second-order valence-corrected chi connectivity index (χ2v) is 6.33. The molecule has 0 saturated carbocycles. The maximum atomic E-state index is 11.7. The zero-order valence-corrected chi connectivity index (χ0v) is 10.6. The fourth-order valence-electron chi connectivity index (χ4n) is 2.18. The summed E-state index contributed by atoms with van der Waals surface area (Å²) < 4.78 is 25.9. The Labute approximate surface area is 106 Å². The van der Waals surface area contributed by atoms with Crippen LogP contribution in [-0.4, -0.2) is 31.3 Å². The summed E-state index contributed by atoms with van der Waals surface area (Å²) in [6.45, 7) is 0. The van der Waals surface area contributed by atoms with Gasteiger partial charge in [0.1, 0.15) is 0 Å². The summed E-state index contributed by atoms with van der Waals surface area (Å²) in [5.74, 6) is -1.47. The molecule has 2 rings (SSSR count). The highest BCUT2D eigenvalue weighted by Crippen LogP contribution is 2.22. The summed E-state index contributed by atoms with van der Waals surface area (Å²) in [4.78, 5) is 10.4. The van der Waals surface area contributed by atoms with E-state index in [-0.39, 0.29) is 18.2 Å². The molecule has 1 aliphatic carbocycles. The number of aliphatic carboxylic acids is 1. The number of carboxylic acids is 1. The molecule has 0 unspecified atom stereocenters. The molecule has 0 amide bonds. The van der Waals surface area contributed by atoms with Crippen molar-refractivity contribution in [1.82, 2.24) is 4.72 Å². The van der Waals surface area contributed by atoms with Crippen LogP contribution >= 0.6 is 0 Å². The number of sulfonamides is 1. The van der Waals surface area contributed by atoms with Crippen molar-refractivity contribution < 1.29 is 18.3 Å². The van der Waals surface area contributed by atoms with E-state index in [0.29, 0.717) is 12.8 Å². The Morgan fingerprint density at radius 1 is 1.28 bits per heavy atom. The van der Waals surface area contributed by atoms with Crippen molar-refractivity contribution in [3.8, 4) is 0 Å². The highest BCUT2D eigenvalue weighted by molar-refractivity contribution is 7.89. The lowest BCUT2D eigenvalue weighted by Crippen LogP contribution is -2.37. The van der Waals surface area contributed by atoms with Crippen LogP contribution in [0.4, 0.5) is 0 Å². The Balaban J connectivity index is 1.95. The average Bonchev–Trinajstić information content (AvgIpc) is 2.67. The molecule has 0 spiro atoms. The second-order valence-electron chi connectivity index (χ2n) is 4.45. The first-order valence-corrected chi connectivity index (χ1v) is 7.40. The molecule has 0 atom stereocenters. The number of fused-ring (bicyclic) bond motifs is 1. The molecular weight excluding hydrogens is 254 g/mol. The maximum absolute atomic E-state index is 11.7. The van der Waals surface area contributed by atoms with Gasteiger partial charge in [-0.2, -0.15) is 0 Å². The van der Waals surface area contributed by atoms with E-state index in [0.717, 1.165) is 11.1 Å². The van der Waals surface area contributed by atoms with Crippen LogP contribution in [0.3, 0.4) is 0 Å². The predicted molar refractivity (Wildman–Crippen MR) is 66.8 cm³/mol. The van der Waals surface area contributed by atoms with Gasteiger partial charge in [0.05, 0.1) is 12.2 Å². The molecule has 0 fully saturated rings. The lowest BCUT2D eigenvalue weighted by atomic mass is 10.1. The van der Waals surface area contributed by atoms with Gasteiger partial charge in [-0.25, -0.2) is 13.1 Å². The second kappa shape index (κ2) is 5.07. The van der Waals surface area contributed by atoms with E-state index in [1.54, 1.807) is 0 Å².